The highest BCUT2D eigenvalue weighted by molar-refractivity contribution is 5.16. The molecule has 2 aliphatic rings. The van der Waals surface area contributed by atoms with E-state index in [0.717, 1.165) is 12.1 Å². The Morgan fingerprint density at radius 2 is 1.64 bits per heavy atom. The second-order valence-electron chi connectivity index (χ2n) is 8.06. The number of benzene rings is 2. The zero-order valence-corrected chi connectivity index (χ0v) is 16.5. The zero-order valence-electron chi connectivity index (χ0n) is 16.5. The van der Waals surface area contributed by atoms with Crippen LogP contribution in [0, 0.1) is 0 Å². The van der Waals surface area contributed by atoms with Gasteiger partial charge in [-0.1, -0.05) is 60.7 Å². The summed E-state index contributed by atoms with van der Waals surface area (Å²) in [6, 6.07) is 20.3. The number of nitrogens with zero attached hydrogens (tertiary/aromatic N) is 1. The third-order valence-corrected chi connectivity index (χ3v) is 5.51. The van der Waals surface area contributed by atoms with E-state index >= 15 is 0 Å². The molecular formula is C23H29NO4. The van der Waals surface area contributed by atoms with Crippen LogP contribution in [0.3, 0.4) is 0 Å². The van der Waals surface area contributed by atoms with Gasteiger partial charge in [0.05, 0.1) is 19.3 Å². The number of likely N-dealkylation sites (tertiary alicyclic amines) is 1. The van der Waals surface area contributed by atoms with Crippen LogP contribution in [0.15, 0.2) is 60.7 Å². The molecular weight excluding hydrogens is 354 g/mol. The fourth-order valence-electron chi connectivity index (χ4n) is 4.27. The van der Waals surface area contributed by atoms with E-state index in [1.54, 1.807) is 0 Å². The topological polar surface area (TPSA) is 51.2 Å². The van der Waals surface area contributed by atoms with Gasteiger partial charge in [-0.15, -0.1) is 0 Å². The van der Waals surface area contributed by atoms with Crippen LogP contribution in [0.25, 0.3) is 0 Å². The van der Waals surface area contributed by atoms with E-state index < -0.39 is 5.79 Å². The molecule has 5 heteroatoms. The van der Waals surface area contributed by atoms with Crippen molar-refractivity contribution in [3.8, 4) is 0 Å². The highest BCUT2D eigenvalue weighted by Crippen LogP contribution is 2.37. The van der Waals surface area contributed by atoms with Crippen molar-refractivity contribution in [2.24, 2.45) is 0 Å². The van der Waals surface area contributed by atoms with Gasteiger partial charge in [0.15, 0.2) is 5.79 Å². The van der Waals surface area contributed by atoms with E-state index in [0.29, 0.717) is 13.2 Å². The number of rotatable bonds is 6. The molecule has 2 heterocycles. The number of ether oxygens (including phenoxy) is 3. The first kappa shape index (κ1) is 19.6. The van der Waals surface area contributed by atoms with E-state index in [2.05, 4.69) is 17.0 Å². The minimum Gasteiger partial charge on any atom is -0.395 e. The SMILES string of the molecule is CC1(C)O[C@H]2[C@H](OCc3ccccc3)[C@@H](CO)N(Cc3ccccc3)C[C@H]2O1. The molecule has 2 aromatic rings. The van der Waals surface area contributed by atoms with Crippen LogP contribution in [0.2, 0.25) is 0 Å². The van der Waals surface area contributed by atoms with E-state index in [1.165, 1.54) is 5.56 Å². The van der Waals surface area contributed by atoms with Gasteiger partial charge in [0.1, 0.15) is 18.3 Å². The van der Waals surface area contributed by atoms with Gasteiger partial charge < -0.3 is 19.3 Å². The summed E-state index contributed by atoms with van der Waals surface area (Å²) in [5.74, 6) is -0.646. The Hall–Kier alpha value is -1.76. The average Bonchev–Trinajstić information content (AvgIpc) is 3.01. The maximum absolute atomic E-state index is 10.2. The molecule has 0 bridgehead atoms. The molecule has 0 spiro atoms. The standard InChI is InChI=1S/C23H29NO4/c1-23(2)27-20-14-24(13-17-9-5-3-6-10-17)19(15-25)21(22(20)28-23)26-16-18-11-7-4-8-12-18/h3-12,19-22,25H,13-16H2,1-2H3/t19-,20-,21-,22-/m1/s1. The van der Waals surface area contributed by atoms with Crippen LogP contribution < -0.4 is 0 Å². The predicted octanol–water partition coefficient (Wildman–Crippen LogP) is 2.97. The van der Waals surface area contributed by atoms with Crippen molar-refractivity contribution in [1.29, 1.82) is 0 Å². The third kappa shape index (κ3) is 4.29. The second-order valence-corrected chi connectivity index (χ2v) is 8.06. The van der Waals surface area contributed by atoms with Gasteiger partial charge in [0.2, 0.25) is 0 Å². The molecule has 0 radical (unpaired) electrons. The van der Waals surface area contributed by atoms with Crippen LogP contribution in [0.4, 0.5) is 0 Å². The number of piperidine rings is 1. The summed E-state index contributed by atoms with van der Waals surface area (Å²) in [4.78, 5) is 2.26. The summed E-state index contributed by atoms with van der Waals surface area (Å²) >= 11 is 0. The molecule has 0 saturated carbocycles. The molecule has 0 aliphatic carbocycles. The molecule has 5 nitrogen and oxygen atoms in total. The lowest BCUT2D eigenvalue weighted by atomic mass is 9.93. The molecule has 28 heavy (non-hydrogen) atoms. The smallest absolute Gasteiger partial charge is 0.163 e. The summed E-state index contributed by atoms with van der Waals surface area (Å²) in [6.07, 6.45) is -0.542. The van der Waals surface area contributed by atoms with Crippen LogP contribution >= 0.6 is 0 Å². The van der Waals surface area contributed by atoms with Gasteiger partial charge in [-0.25, -0.2) is 0 Å². The Morgan fingerprint density at radius 3 is 2.29 bits per heavy atom. The van der Waals surface area contributed by atoms with Crippen molar-refractivity contribution in [2.45, 2.75) is 57.1 Å². The Morgan fingerprint density at radius 1 is 1.00 bits per heavy atom. The van der Waals surface area contributed by atoms with Crippen molar-refractivity contribution in [3.63, 3.8) is 0 Å². The van der Waals surface area contributed by atoms with Crippen molar-refractivity contribution in [1.82, 2.24) is 4.90 Å². The van der Waals surface area contributed by atoms with Crippen molar-refractivity contribution in [2.75, 3.05) is 13.2 Å². The minimum atomic E-state index is -0.646. The number of hydrogen-bond donors (Lipinski definition) is 1. The Balaban J connectivity index is 1.55. The van der Waals surface area contributed by atoms with Crippen LogP contribution in [-0.2, 0) is 27.4 Å². The third-order valence-electron chi connectivity index (χ3n) is 5.51. The van der Waals surface area contributed by atoms with Crippen LogP contribution in [0.1, 0.15) is 25.0 Å². The minimum absolute atomic E-state index is 0.0132. The summed E-state index contributed by atoms with van der Waals surface area (Å²) in [5, 5.41) is 10.2. The Labute approximate surface area is 166 Å². The fraction of sp³-hybridized carbons (Fsp3) is 0.478. The van der Waals surface area contributed by atoms with Crippen molar-refractivity contribution < 1.29 is 19.3 Å². The molecule has 1 N–H and O–H groups in total. The summed E-state index contributed by atoms with van der Waals surface area (Å²) in [7, 11) is 0. The van der Waals surface area contributed by atoms with Gasteiger partial charge in [-0.3, -0.25) is 4.90 Å². The fourth-order valence-corrected chi connectivity index (χ4v) is 4.27. The Bertz CT molecular complexity index is 752. The van der Waals surface area contributed by atoms with E-state index in [9.17, 15) is 5.11 Å². The Kier molecular flexibility index (Phi) is 5.80. The van der Waals surface area contributed by atoms with Crippen molar-refractivity contribution in [3.05, 3.63) is 71.8 Å². The molecule has 2 aromatic carbocycles. The summed E-state index contributed by atoms with van der Waals surface area (Å²) in [6.45, 7) is 5.82. The van der Waals surface area contributed by atoms with Gasteiger partial charge in [-0.05, 0) is 25.0 Å². The number of hydrogen-bond acceptors (Lipinski definition) is 5. The first-order valence-electron chi connectivity index (χ1n) is 9.96. The highest BCUT2D eigenvalue weighted by Gasteiger charge is 2.53. The van der Waals surface area contributed by atoms with Gasteiger partial charge in [-0.2, -0.15) is 0 Å². The zero-order chi connectivity index (χ0) is 19.6. The normalized spacial score (nSPS) is 29.5. The van der Waals surface area contributed by atoms with Gasteiger partial charge in [0.25, 0.3) is 0 Å². The quantitative estimate of drug-likeness (QED) is 0.831. The number of aliphatic hydroxyl groups excluding tert-OH is 1. The predicted molar refractivity (Wildman–Crippen MR) is 107 cm³/mol. The lowest BCUT2D eigenvalue weighted by molar-refractivity contribution is -0.167. The largest absolute Gasteiger partial charge is 0.395 e. The molecule has 0 amide bonds. The maximum atomic E-state index is 10.2. The van der Waals surface area contributed by atoms with Crippen LogP contribution in [-0.4, -0.2) is 53.3 Å². The number of aliphatic hydroxyl groups is 1. The van der Waals surface area contributed by atoms with Gasteiger partial charge >= 0.3 is 0 Å². The molecule has 0 unspecified atom stereocenters. The van der Waals surface area contributed by atoms with Crippen molar-refractivity contribution >= 4 is 0 Å². The maximum Gasteiger partial charge on any atom is 0.163 e. The lowest BCUT2D eigenvalue weighted by Gasteiger charge is -2.44. The number of fused-ring (bicyclic) bond motifs is 1. The molecule has 2 saturated heterocycles. The van der Waals surface area contributed by atoms with Crippen LogP contribution in [0.5, 0.6) is 0 Å². The first-order valence-corrected chi connectivity index (χ1v) is 9.96. The average molecular weight is 383 g/mol. The monoisotopic (exact) mass is 383 g/mol. The van der Waals surface area contributed by atoms with E-state index in [4.69, 9.17) is 14.2 Å². The molecule has 4 atom stereocenters. The molecule has 4 rings (SSSR count). The first-order chi connectivity index (χ1) is 13.6. The lowest BCUT2D eigenvalue weighted by Crippen LogP contribution is -2.62. The summed E-state index contributed by atoms with van der Waals surface area (Å²) < 4.78 is 18.7. The van der Waals surface area contributed by atoms with Gasteiger partial charge in [0, 0.05) is 13.1 Å². The molecule has 150 valence electrons. The molecule has 2 fully saturated rings. The summed E-state index contributed by atoms with van der Waals surface area (Å²) in [5.41, 5.74) is 2.31. The van der Waals surface area contributed by atoms with E-state index in [1.807, 2.05) is 62.4 Å². The second kappa shape index (κ2) is 8.31. The molecule has 0 aromatic heterocycles. The highest BCUT2D eigenvalue weighted by atomic mass is 16.8. The molecule has 2 aliphatic heterocycles. The van der Waals surface area contributed by atoms with E-state index in [-0.39, 0.29) is 31.0 Å².